The molecule has 0 saturated heterocycles. The van der Waals surface area contributed by atoms with E-state index in [9.17, 15) is 9.59 Å². The van der Waals surface area contributed by atoms with Gasteiger partial charge in [0.05, 0.1) is 0 Å². The van der Waals surface area contributed by atoms with Crippen LogP contribution in [0.1, 0.15) is 10.4 Å². The first-order valence-corrected chi connectivity index (χ1v) is 4.26. The number of amides is 2. The number of thiol groups is 1. The van der Waals surface area contributed by atoms with Gasteiger partial charge in [0.25, 0.3) is 11.1 Å². The van der Waals surface area contributed by atoms with Crippen LogP contribution in [0.15, 0.2) is 18.2 Å². The molecule has 1 aromatic carbocycles. The summed E-state index contributed by atoms with van der Waals surface area (Å²) in [5.74, 6) is -1.38. The van der Waals surface area contributed by atoms with E-state index in [0.717, 1.165) is 12.1 Å². The Morgan fingerprint density at radius 3 is 2.33 bits per heavy atom. The van der Waals surface area contributed by atoms with Crippen molar-refractivity contribution in [2.45, 2.75) is 0 Å². The molecule has 1 aromatic rings. The van der Waals surface area contributed by atoms with Gasteiger partial charge in [0.1, 0.15) is 0 Å². The molecule has 0 heterocycles. The quantitative estimate of drug-likeness (QED) is 0.272. The van der Waals surface area contributed by atoms with E-state index in [0.29, 0.717) is 0 Å². The van der Waals surface area contributed by atoms with E-state index in [-0.39, 0.29) is 11.3 Å². The molecule has 2 amide bonds. The lowest BCUT2D eigenvalue weighted by atomic mass is 10.2. The summed E-state index contributed by atoms with van der Waals surface area (Å²) in [7, 11) is 0. The highest BCUT2D eigenvalue weighted by Gasteiger charge is 2.08. The maximum Gasteiger partial charge on any atom is 0.294 e. The SMILES string of the molecule is O=C(S)NNC(=O)c1ccc(O)c(O)c1. The van der Waals surface area contributed by atoms with E-state index in [1.165, 1.54) is 6.07 Å². The van der Waals surface area contributed by atoms with Crippen LogP contribution in [0.25, 0.3) is 0 Å². The van der Waals surface area contributed by atoms with Crippen LogP contribution in [0.5, 0.6) is 11.5 Å². The molecule has 0 atom stereocenters. The number of hydrazine groups is 1. The Morgan fingerprint density at radius 1 is 1.13 bits per heavy atom. The third-order valence-electron chi connectivity index (χ3n) is 1.52. The van der Waals surface area contributed by atoms with Crippen molar-refractivity contribution in [3.8, 4) is 11.5 Å². The van der Waals surface area contributed by atoms with Crippen molar-refractivity contribution in [1.82, 2.24) is 10.9 Å². The molecule has 0 aliphatic carbocycles. The molecule has 0 unspecified atom stereocenters. The van der Waals surface area contributed by atoms with Crippen molar-refractivity contribution in [2.24, 2.45) is 0 Å². The first kappa shape index (κ1) is 11.2. The lowest BCUT2D eigenvalue weighted by Gasteiger charge is -2.05. The summed E-state index contributed by atoms with van der Waals surface area (Å²) >= 11 is 3.37. The van der Waals surface area contributed by atoms with Gasteiger partial charge in [0.15, 0.2) is 11.5 Å². The topological polar surface area (TPSA) is 98.7 Å². The Hall–Kier alpha value is -1.89. The Bertz CT molecular complexity index is 408. The van der Waals surface area contributed by atoms with Gasteiger partial charge in [-0.15, -0.1) is 0 Å². The van der Waals surface area contributed by atoms with Gasteiger partial charge in [-0.05, 0) is 18.2 Å². The maximum absolute atomic E-state index is 11.3. The summed E-state index contributed by atoms with van der Waals surface area (Å²) in [5.41, 5.74) is 4.09. The second-order valence-electron chi connectivity index (χ2n) is 2.59. The number of aromatic hydroxyl groups is 2. The highest BCUT2D eigenvalue weighted by Crippen LogP contribution is 2.24. The lowest BCUT2D eigenvalue weighted by molar-refractivity contribution is 0.0939. The highest BCUT2D eigenvalue weighted by molar-refractivity contribution is 7.96. The number of rotatable bonds is 1. The van der Waals surface area contributed by atoms with Crippen molar-refractivity contribution in [3.05, 3.63) is 23.8 Å². The summed E-state index contributed by atoms with van der Waals surface area (Å²) in [6, 6.07) is 3.51. The number of phenols is 2. The maximum atomic E-state index is 11.3. The molecule has 1 rings (SSSR count). The zero-order valence-corrected chi connectivity index (χ0v) is 8.28. The van der Waals surface area contributed by atoms with E-state index >= 15 is 0 Å². The monoisotopic (exact) mass is 228 g/mol. The van der Waals surface area contributed by atoms with Crippen LogP contribution in [0.2, 0.25) is 0 Å². The van der Waals surface area contributed by atoms with Gasteiger partial charge in [-0.2, -0.15) is 0 Å². The minimum Gasteiger partial charge on any atom is -0.504 e. The van der Waals surface area contributed by atoms with Crippen LogP contribution in [0, 0.1) is 0 Å². The molecule has 0 radical (unpaired) electrons. The van der Waals surface area contributed by atoms with Gasteiger partial charge in [-0.25, -0.2) is 0 Å². The highest BCUT2D eigenvalue weighted by atomic mass is 32.1. The first-order valence-electron chi connectivity index (χ1n) is 3.82. The first-order chi connectivity index (χ1) is 7.00. The molecule has 15 heavy (non-hydrogen) atoms. The zero-order chi connectivity index (χ0) is 11.4. The van der Waals surface area contributed by atoms with Gasteiger partial charge in [-0.3, -0.25) is 20.4 Å². The molecule has 6 nitrogen and oxygen atoms in total. The van der Waals surface area contributed by atoms with E-state index in [1.54, 1.807) is 0 Å². The average molecular weight is 228 g/mol. The summed E-state index contributed by atoms with van der Waals surface area (Å²) < 4.78 is 0. The lowest BCUT2D eigenvalue weighted by Crippen LogP contribution is -2.38. The molecule has 0 fully saturated rings. The fraction of sp³-hybridized carbons (Fsp3) is 0. The van der Waals surface area contributed by atoms with Gasteiger partial charge in [0.2, 0.25) is 0 Å². The zero-order valence-electron chi connectivity index (χ0n) is 7.39. The Labute approximate surface area is 90.3 Å². The minimum absolute atomic E-state index is 0.0902. The predicted octanol–water partition coefficient (Wildman–Crippen LogP) is 0.382. The number of hydrogen-bond acceptors (Lipinski definition) is 4. The standard InChI is InChI=1S/C8H8N2O4S/c11-5-2-1-4(3-6(5)12)7(13)9-10-8(14)15/h1-3,11-12H,(H,9,13)(H2,10,14,15). The summed E-state index contributed by atoms with van der Waals surface area (Å²) in [4.78, 5) is 21.6. The Kier molecular flexibility index (Phi) is 3.40. The van der Waals surface area contributed by atoms with Gasteiger partial charge >= 0.3 is 0 Å². The Balaban J connectivity index is 2.74. The predicted molar refractivity (Wildman–Crippen MR) is 54.8 cm³/mol. The summed E-state index contributed by atoms with van der Waals surface area (Å²) in [5, 5.41) is 17.4. The van der Waals surface area contributed by atoms with Gasteiger partial charge in [0, 0.05) is 5.56 Å². The second kappa shape index (κ2) is 4.56. The smallest absolute Gasteiger partial charge is 0.294 e. The van der Waals surface area contributed by atoms with E-state index in [1.807, 2.05) is 10.9 Å². The van der Waals surface area contributed by atoms with Crippen molar-refractivity contribution in [2.75, 3.05) is 0 Å². The molecule has 0 bridgehead atoms. The molecule has 0 aliphatic heterocycles. The third-order valence-corrected chi connectivity index (χ3v) is 1.63. The number of benzene rings is 1. The van der Waals surface area contributed by atoms with Gasteiger partial charge < -0.3 is 10.2 Å². The number of carbonyl (C=O) groups is 2. The van der Waals surface area contributed by atoms with Crippen LogP contribution in [-0.2, 0) is 0 Å². The largest absolute Gasteiger partial charge is 0.504 e. The van der Waals surface area contributed by atoms with E-state index < -0.39 is 16.9 Å². The van der Waals surface area contributed by atoms with E-state index in [2.05, 4.69) is 12.6 Å². The molecular weight excluding hydrogens is 220 g/mol. The molecule has 7 heteroatoms. The Morgan fingerprint density at radius 2 is 1.80 bits per heavy atom. The van der Waals surface area contributed by atoms with Crippen LogP contribution >= 0.6 is 12.6 Å². The number of carbonyl (C=O) groups excluding carboxylic acids is 2. The fourth-order valence-corrected chi connectivity index (χ4v) is 0.903. The van der Waals surface area contributed by atoms with E-state index in [4.69, 9.17) is 10.2 Å². The summed E-state index contributed by atoms with van der Waals surface area (Å²) in [6.07, 6.45) is 0. The average Bonchev–Trinajstić information content (AvgIpc) is 2.18. The minimum atomic E-state index is -0.716. The molecule has 4 N–H and O–H groups in total. The van der Waals surface area contributed by atoms with Crippen molar-refractivity contribution >= 4 is 23.8 Å². The van der Waals surface area contributed by atoms with Crippen molar-refractivity contribution < 1.29 is 19.8 Å². The number of nitrogens with one attached hydrogen (secondary N) is 2. The normalized spacial score (nSPS) is 9.40. The molecule has 80 valence electrons. The van der Waals surface area contributed by atoms with Crippen LogP contribution in [-0.4, -0.2) is 21.4 Å². The summed E-state index contributed by atoms with van der Waals surface area (Å²) in [6.45, 7) is 0. The van der Waals surface area contributed by atoms with Crippen LogP contribution < -0.4 is 10.9 Å². The van der Waals surface area contributed by atoms with Gasteiger partial charge in [-0.1, -0.05) is 12.6 Å². The third kappa shape index (κ3) is 3.06. The molecular formula is C8H8N2O4S. The van der Waals surface area contributed by atoms with Crippen LogP contribution in [0.4, 0.5) is 4.79 Å². The molecule has 0 saturated carbocycles. The van der Waals surface area contributed by atoms with Crippen LogP contribution in [0.3, 0.4) is 0 Å². The van der Waals surface area contributed by atoms with Crippen molar-refractivity contribution in [3.63, 3.8) is 0 Å². The number of hydrogen-bond donors (Lipinski definition) is 5. The second-order valence-corrected chi connectivity index (χ2v) is 2.99. The number of phenolic OH excluding ortho intramolecular Hbond substituents is 2. The molecule has 0 aromatic heterocycles. The van der Waals surface area contributed by atoms with Crippen molar-refractivity contribution in [1.29, 1.82) is 0 Å². The molecule has 0 spiro atoms. The molecule has 0 aliphatic rings. The fourth-order valence-electron chi connectivity index (χ4n) is 0.847.